The molecule has 2 rings (SSSR count). The first kappa shape index (κ1) is 12.0. The number of benzene rings is 1. The molecule has 5 heteroatoms. The molecule has 0 amide bonds. The van der Waals surface area contributed by atoms with E-state index >= 15 is 0 Å². The fraction of sp³-hybridized carbons (Fsp3) is 0.417. The van der Waals surface area contributed by atoms with Crippen LogP contribution in [-0.2, 0) is 4.74 Å². The predicted octanol–water partition coefficient (Wildman–Crippen LogP) is 2.57. The highest BCUT2D eigenvalue weighted by Crippen LogP contribution is 2.23. The summed E-state index contributed by atoms with van der Waals surface area (Å²) in [6, 6.07) is 3.25. The lowest BCUT2D eigenvalue weighted by atomic mass is 9.90. The van der Waals surface area contributed by atoms with Crippen molar-refractivity contribution in [1.82, 2.24) is 0 Å². The van der Waals surface area contributed by atoms with Gasteiger partial charge in [-0.2, -0.15) is 0 Å². The van der Waals surface area contributed by atoms with Crippen molar-refractivity contribution in [3.8, 4) is 0 Å². The van der Waals surface area contributed by atoms with Gasteiger partial charge in [0.1, 0.15) is 11.6 Å². The molecule has 1 aliphatic heterocycles. The van der Waals surface area contributed by atoms with Gasteiger partial charge in [-0.25, -0.2) is 8.78 Å². The molecule has 1 saturated heterocycles. The van der Waals surface area contributed by atoms with Crippen molar-refractivity contribution in [2.24, 2.45) is 11.1 Å². The Balaban J connectivity index is 2.28. The van der Waals surface area contributed by atoms with Crippen molar-refractivity contribution in [2.75, 3.05) is 13.2 Å². The van der Waals surface area contributed by atoms with Crippen LogP contribution in [0.2, 0.25) is 0 Å². The van der Waals surface area contributed by atoms with Crippen LogP contribution in [0.5, 0.6) is 0 Å². The molecule has 1 aromatic rings. The SMILES string of the molecule is O/N=C(/c1ccc(F)cc1F)C1CCOCC1. The maximum absolute atomic E-state index is 13.6. The molecule has 0 aliphatic carbocycles. The molecule has 0 radical (unpaired) electrons. The van der Waals surface area contributed by atoms with Gasteiger partial charge in [0.2, 0.25) is 0 Å². The molecule has 1 N–H and O–H groups in total. The van der Waals surface area contributed by atoms with E-state index in [1.54, 1.807) is 0 Å². The molecule has 3 nitrogen and oxygen atoms in total. The van der Waals surface area contributed by atoms with Crippen molar-refractivity contribution in [3.05, 3.63) is 35.4 Å². The summed E-state index contributed by atoms with van der Waals surface area (Å²) in [5, 5.41) is 12.2. The lowest BCUT2D eigenvalue weighted by Crippen LogP contribution is -2.25. The van der Waals surface area contributed by atoms with Crippen molar-refractivity contribution >= 4 is 5.71 Å². The average molecular weight is 241 g/mol. The molecular weight excluding hydrogens is 228 g/mol. The van der Waals surface area contributed by atoms with Crippen LogP contribution in [0.3, 0.4) is 0 Å². The second-order valence-electron chi connectivity index (χ2n) is 4.00. The summed E-state index contributed by atoms with van der Waals surface area (Å²) in [5.41, 5.74) is 0.423. The van der Waals surface area contributed by atoms with Gasteiger partial charge in [-0.05, 0) is 25.0 Å². The smallest absolute Gasteiger partial charge is 0.135 e. The van der Waals surface area contributed by atoms with E-state index in [0.29, 0.717) is 26.1 Å². The van der Waals surface area contributed by atoms with Crippen molar-refractivity contribution in [2.45, 2.75) is 12.8 Å². The fourth-order valence-corrected chi connectivity index (χ4v) is 2.02. The Morgan fingerprint density at radius 3 is 2.59 bits per heavy atom. The quantitative estimate of drug-likeness (QED) is 0.491. The van der Waals surface area contributed by atoms with Gasteiger partial charge in [-0.15, -0.1) is 0 Å². The summed E-state index contributed by atoms with van der Waals surface area (Å²) in [6.45, 7) is 1.12. The molecule has 17 heavy (non-hydrogen) atoms. The summed E-state index contributed by atoms with van der Waals surface area (Å²) in [5.74, 6) is -1.39. The van der Waals surface area contributed by atoms with E-state index in [4.69, 9.17) is 9.94 Å². The highest BCUT2D eigenvalue weighted by atomic mass is 19.1. The van der Waals surface area contributed by atoms with Gasteiger partial charge in [-0.3, -0.25) is 0 Å². The molecule has 1 aliphatic rings. The zero-order chi connectivity index (χ0) is 12.3. The van der Waals surface area contributed by atoms with Gasteiger partial charge in [-0.1, -0.05) is 5.16 Å². The minimum Gasteiger partial charge on any atom is -0.411 e. The summed E-state index contributed by atoms with van der Waals surface area (Å²) in [4.78, 5) is 0. The topological polar surface area (TPSA) is 41.8 Å². The first-order valence-corrected chi connectivity index (χ1v) is 5.47. The summed E-state index contributed by atoms with van der Waals surface area (Å²) >= 11 is 0. The number of hydrogen-bond acceptors (Lipinski definition) is 3. The molecule has 0 spiro atoms. The van der Waals surface area contributed by atoms with Gasteiger partial charge in [0.25, 0.3) is 0 Å². The molecule has 0 aromatic heterocycles. The summed E-state index contributed by atoms with van der Waals surface area (Å²) < 4.78 is 31.6. The van der Waals surface area contributed by atoms with E-state index in [1.807, 2.05) is 0 Å². The highest BCUT2D eigenvalue weighted by molar-refractivity contribution is 6.02. The number of ether oxygens (including phenoxy) is 1. The van der Waals surface area contributed by atoms with Gasteiger partial charge < -0.3 is 9.94 Å². The first-order chi connectivity index (χ1) is 8.22. The number of oxime groups is 1. The molecule has 0 unspecified atom stereocenters. The van der Waals surface area contributed by atoms with E-state index in [9.17, 15) is 8.78 Å². The van der Waals surface area contributed by atoms with Crippen LogP contribution in [0.15, 0.2) is 23.4 Å². The maximum atomic E-state index is 13.6. The van der Waals surface area contributed by atoms with Gasteiger partial charge in [0.05, 0.1) is 5.71 Å². The van der Waals surface area contributed by atoms with Crippen molar-refractivity contribution in [1.29, 1.82) is 0 Å². The number of hydrogen-bond donors (Lipinski definition) is 1. The van der Waals surface area contributed by atoms with E-state index in [0.717, 1.165) is 12.1 Å². The predicted molar refractivity (Wildman–Crippen MR) is 58.2 cm³/mol. The van der Waals surface area contributed by atoms with Crippen LogP contribution < -0.4 is 0 Å². The minimum absolute atomic E-state index is 0.0475. The molecule has 0 saturated carbocycles. The van der Waals surface area contributed by atoms with Gasteiger partial charge in [0.15, 0.2) is 0 Å². The largest absolute Gasteiger partial charge is 0.411 e. The Morgan fingerprint density at radius 1 is 1.29 bits per heavy atom. The lowest BCUT2D eigenvalue weighted by Gasteiger charge is -2.23. The first-order valence-electron chi connectivity index (χ1n) is 5.47. The van der Waals surface area contributed by atoms with E-state index < -0.39 is 11.6 Å². The molecule has 0 atom stereocenters. The van der Waals surface area contributed by atoms with E-state index in [-0.39, 0.29) is 17.2 Å². The average Bonchev–Trinajstić information content (AvgIpc) is 2.34. The Labute approximate surface area is 97.7 Å². The van der Waals surface area contributed by atoms with Gasteiger partial charge in [0, 0.05) is 30.8 Å². The molecule has 1 heterocycles. The fourth-order valence-electron chi connectivity index (χ4n) is 2.02. The van der Waals surface area contributed by atoms with E-state index in [2.05, 4.69) is 5.16 Å². The normalized spacial score (nSPS) is 18.4. The van der Waals surface area contributed by atoms with Crippen LogP contribution in [0.1, 0.15) is 18.4 Å². The minimum atomic E-state index is -0.704. The monoisotopic (exact) mass is 241 g/mol. The Hall–Kier alpha value is -1.49. The maximum Gasteiger partial charge on any atom is 0.135 e. The number of nitrogens with zero attached hydrogens (tertiary/aromatic N) is 1. The Morgan fingerprint density at radius 2 is 2.00 bits per heavy atom. The van der Waals surface area contributed by atoms with Crippen LogP contribution in [0.4, 0.5) is 8.78 Å². The Kier molecular flexibility index (Phi) is 3.68. The third kappa shape index (κ3) is 2.61. The zero-order valence-electron chi connectivity index (χ0n) is 9.20. The van der Waals surface area contributed by atoms with Crippen molar-refractivity contribution < 1.29 is 18.7 Å². The van der Waals surface area contributed by atoms with E-state index in [1.165, 1.54) is 6.07 Å². The van der Waals surface area contributed by atoms with Crippen LogP contribution >= 0.6 is 0 Å². The molecule has 1 fully saturated rings. The van der Waals surface area contributed by atoms with Crippen molar-refractivity contribution in [3.63, 3.8) is 0 Å². The third-order valence-electron chi connectivity index (χ3n) is 2.92. The molecule has 0 bridgehead atoms. The summed E-state index contributed by atoms with van der Waals surface area (Å²) in [7, 11) is 0. The zero-order valence-corrected chi connectivity index (χ0v) is 9.20. The molecule has 1 aromatic carbocycles. The van der Waals surface area contributed by atoms with Gasteiger partial charge >= 0.3 is 0 Å². The van der Waals surface area contributed by atoms with Crippen LogP contribution in [0.25, 0.3) is 0 Å². The van der Waals surface area contributed by atoms with Crippen LogP contribution in [-0.4, -0.2) is 24.1 Å². The summed E-state index contributed by atoms with van der Waals surface area (Å²) in [6.07, 6.45) is 1.35. The highest BCUT2D eigenvalue weighted by Gasteiger charge is 2.23. The second-order valence-corrected chi connectivity index (χ2v) is 4.00. The standard InChI is InChI=1S/C12H13F2NO2/c13-9-1-2-10(11(14)7-9)12(15-16)8-3-5-17-6-4-8/h1-2,7-8,16H,3-6H2/b15-12+. The Bertz CT molecular complexity index is 429. The van der Waals surface area contributed by atoms with Crippen LogP contribution in [0, 0.1) is 17.6 Å². The third-order valence-corrected chi connectivity index (χ3v) is 2.92. The lowest BCUT2D eigenvalue weighted by molar-refractivity contribution is 0.0821. The molecular formula is C12H13F2NO2. The molecule has 92 valence electrons. The number of rotatable bonds is 2. The number of halogens is 2. The second kappa shape index (κ2) is 5.23.